The maximum Gasteiger partial charge on any atom is 0.242 e. The van der Waals surface area contributed by atoms with Crippen LogP contribution < -0.4 is 14.8 Å². The van der Waals surface area contributed by atoms with Crippen molar-refractivity contribution in [1.82, 2.24) is 4.90 Å². The minimum Gasteiger partial charge on any atom is -0.454 e. The Morgan fingerprint density at radius 3 is 2.87 bits per heavy atom. The van der Waals surface area contributed by atoms with E-state index in [2.05, 4.69) is 10.3 Å². The molecule has 2 heterocycles. The van der Waals surface area contributed by atoms with Gasteiger partial charge in [0.15, 0.2) is 16.7 Å². The number of hydrogen-bond acceptors (Lipinski definition) is 6. The van der Waals surface area contributed by atoms with Gasteiger partial charge in [0.25, 0.3) is 0 Å². The molecule has 0 saturated carbocycles. The molecule has 0 bridgehead atoms. The van der Waals surface area contributed by atoms with Gasteiger partial charge in [-0.1, -0.05) is 41.0 Å². The van der Waals surface area contributed by atoms with Crippen LogP contribution in [0.2, 0.25) is 10.0 Å². The number of carbonyl (C=O) groups is 2. The molecule has 2 aliphatic rings. The summed E-state index contributed by atoms with van der Waals surface area (Å²) in [5.41, 5.74) is 1.05. The lowest BCUT2D eigenvalue weighted by Gasteiger charge is -2.13. The van der Waals surface area contributed by atoms with Crippen LogP contribution in [0.15, 0.2) is 41.4 Å². The molecule has 0 aromatic heterocycles. The van der Waals surface area contributed by atoms with Gasteiger partial charge < -0.3 is 14.8 Å². The van der Waals surface area contributed by atoms with E-state index in [4.69, 9.17) is 32.7 Å². The molecule has 0 aliphatic carbocycles. The number of carbonyl (C=O) groups excluding carboxylic acids is 2. The van der Waals surface area contributed by atoms with Gasteiger partial charge in [-0.3, -0.25) is 14.5 Å². The van der Waals surface area contributed by atoms with Gasteiger partial charge in [-0.15, -0.1) is 0 Å². The fraction of sp³-hybridized carbons (Fsp3) is 0.250. The summed E-state index contributed by atoms with van der Waals surface area (Å²) in [6.07, 6.45) is -0.0109. The predicted molar refractivity (Wildman–Crippen MR) is 118 cm³/mol. The lowest BCUT2D eigenvalue weighted by molar-refractivity contribution is -0.128. The van der Waals surface area contributed by atoms with Crippen LogP contribution in [-0.2, 0) is 9.59 Å². The van der Waals surface area contributed by atoms with Crippen molar-refractivity contribution in [1.29, 1.82) is 0 Å². The monoisotopic (exact) mass is 465 g/mol. The summed E-state index contributed by atoms with van der Waals surface area (Å²) in [4.78, 5) is 31.4. The minimum absolute atomic E-state index is 0.0109. The van der Waals surface area contributed by atoms with Crippen molar-refractivity contribution in [2.75, 3.05) is 18.7 Å². The highest BCUT2D eigenvalue weighted by Gasteiger charge is 2.38. The number of amidine groups is 1. The fourth-order valence-electron chi connectivity index (χ4n) is 3.05. The van der Waals surface area contributed by atoms with E-state index in [9.17, 15) is 9.59 Å². The highest BCUT2D eigenvalue weighted by atomic mass is 35.5. The van der Waals surface area contributed by atoms with E-state index < -0.39 is 5.25 Å². The Kier molecular flexibility index (Phi) is 6.08. The van der Waals surface area contributed by atoms with Gasteiger partial charge in [0.2, 0.25) is 18.6 Å². The zero-order valence-electron chi connectivity index (χ0n) is 15.9. The summed E-state index contributed by atoms with van der Waals surface area (Å²) in [6, 6.07) is 10.3. The number of halogens is 2. The molecule has 156 valence electrons. The van der Waals surface area contributed by atoms with E-state index in [0.29, 0.717) is 39.6 Å². The smallest absolute Gasteiger partial charge is 0.242 e. The van der Waals surface area contributed by atoms with Crippen molar-refractivity contribution in [2.45, 2.75) is 18.6 Å². The normalized spacial score (nSPS) is 18.9. The highest BCUT2D eigenvalue weighted by molar-refractivity contribution is 8.15. The predicted octanol–water partition coefficient (Wildman–Crippen LogP) is 4.70. The van der Waals surface area contributed by atoms with E-state index >= 15 is 0 Å². The second-order valence-corrected chi connectivity index (χ2v) is 8.43. The van der Waals surface area contributed by atoms with E-state index in [-0.39, 0.29) is 30.1 Å². The topological polar surface area (TPSA) is 80.2 Å². The van der Waals surface area contributed by atoms with Crippen LogP contribution >= 0.6 is 35.0 Å². The largest absolute Gasteiger partial charge is 0.454 e. The lowest BCUT2D eigenvalue weighted by atomic mass is 10.2. The number of nitrogens with one attached hydrogen (secondary N) is 1. The highest BCUT2D eigenvalue weighted by Crippen LogP contribution is 2.37. The number of amides is 2. The van der Waals surface area contributed by atoms with Crippen molar-refractivity contribution in [3.63, 3.8) is 0 Å². The third kappa shape index (κ3) is 4.21. The molecule has 2 amide bonds. The molecule has 10 heteroatoms. The first kappa shape index (κ1) is 20.8. The fourth-order valence-corrected chi connectivity index (χ4v) is 4.62. The molecule has 2 aromatic rings. The zero-order chi connectivity index (χ0) is 21.3. The van der Waals surface area contributed by atoms with E-state index in [1.54, 1.807) is 41.3 Å². The van der Waals surface area contributed by atoms with Crippen molar-refractivity contribution < 1.29 is 19.1 Å². The van der Waals surface area contributed by atoms with Crippen LogP contribution in [-0.4, -0.2) is 40.5 Å². The van der Waals surface area contributed by atoms with Gasteiger partial charge in [0, 0.05) is 19.0 Å². The minimum atomic E-state index is -0.573. The van der Waals surface area contributed by atoms with Crippen LogP contribution in [0.25, 0.3) is 0 Å². The Balaban J connectivity index is 1.48. The summed E-state index contributed by atoms with van der Waals surface area (Å²) in [5, 5.41) is 3.29. The summed E-state index contributed by atoms with van der Waals surface area (Å²) in [5.74, 6) is 0.791. The van der Waals surface area contributed by atoms with Gasteiger partial charge in [-0.25, -0.2) is 4.99 Å². The Bertz CT molecular complexity index is 1050. The van der Waals surface area contributed by atoms with Crippen molar-refractivity contribution in [3.8, 4) is 11.5 Å². The molecular formula is C20H17Cl2N3O4S. The molecule has 0 radical (unpaired) electrons. The number of anilines is 1. The zero-order valence-corrected chi connectivity index (χ0v) is 18.2. The second kappa shape index (κ2) is 8.75. The van der Waals surface area contributed by atoms with Crippen LogP contribution in [0, 0.1) is 0 Å². The number of nitrogens with zero attached hydrogens (tertiary/aromatic N) is 2. The van der Waals surface area contributed by atoms with Crippen LogP contribution in [0.1, 0.15) is 13.3 Å². The third-order valence-corrected chi connectivity index (χ3v) is 6.51. The Morgan fingerprint density at radius 2 is 2.07 bits per heavy atom. The number of hydrogen-bond donors (Lipinski definition) is 1. The molecule has 1 unspecified atom stereocenters. The van der Waals surface area contributed by atoms with Gasteiger partial charge >= 0.3 is 0 Å². The molecule has 1 saturated heterocycles. The van der Waals surface area contributed by atoms with E-state index in [1.807, 2.05) is 6.92 Å². The first-order valence-electron chi connectivity index (χ1n) is 9.16. The van der Waals surface area contributed by atoms with E-state index in [0.717, 1.165) is 0 Å². The Labute approximate surface area is 187 Å². The number of ether oxygens (including phenoxy) is 2. The van der Waals surface area contributed by atoms with Gasteiger partial charge in [0.05, 0.1) is 21.4 Å². The van der Waals surface area contributed by atoms with Crippen LogP contribution in [0.5, 0.6) is 11.5 Å². The molecular weight excluding hydrogens is 449 g/mol. The first-order valence-corrected chi connectivity index (χ1v) is 10.8. The molecule has 4 rings (SSSR count). The van der Waals surface area contributed by atoms with Gasteiger partial charge in [0.1, 0.15) is 5.25 Å². The average molecular weight is 466 g/mol. The van der Waals surface area contributed by atoms with Gasteiger partial charge in [-0.05, 0) is 31.2 Å². The summed E-state index contributed by atoms with van der Waals surface area (Å²) < 4.78 is 10.7. The second-order valence-electron chi connectivity index (χ2n) is 6.47. The summed E-state index contributed by atoms with van der Waals surface area (Å²) >= 11 is 13.4. The molecule has 1 atom stereocenters. The molecule has 7 nitrogen and oxygen atoms in total. The van der Waals surface area contributed by atoms with Gasteiger partial charge in [-0.2, -0.15) is 0 Å². The molecule has 2 aromatic carbocycles. The quantitative estimate of drug-likeness (QED) is 0.691. The van der Waals surface area contributed by atoms with Crippen LogP contribution in [0.3, 0.4) is 0 Å². The maximum atomic E-state index is 12.8. The molecule has 2 aliphatic heterocycles. The Morgan fingerprint density at radius 1 is 1.27 bits per heavy atom. The van der Waals surface area contributed by atoms with Crippen molar-refractivity contribution >= 4 is 63.3 Å². The van der Waals surface area contributed by atoms with Crippen LogP contribution in [0.4, 0.5) is 11.4 Å². The number of rotatable bonds is 5. The molecule has 1 N–H and O–H groups in total. The molecule has 0 spiro atoms. The number of thioether (sulfide) groups is 1. The third-order valence-electron chi connectivity index (χ3n) is 4.51. The summed E-state index contributed by atoms with van der Waals surface area (Å²) in [6.45, 7) is 2.49. The number of benzene rings is 2. The average Bonchev–Trinajstić information content (AvgIpc) is 3.29. The SMILES string of the molecule is CCN1C(=O)C(CC(=O)Nc2cccc(Cl)c2Cl)SC1=Nc1ccc2c(c1)OCO2. The number of aliphatic imine (C=N–C) groups is 1. The summed E-state index contributed by atoms with van der Waals surface area (Å²) in [7, 11) is 0. The van der Waals surface area contributed by atoms with E-state index in [1.165, 1.54) is 11.8 Å². The lowest BCUT2D eigenvalue weighted by Crippen LogP contribution is -2.33. The van der Waals surface area contributed by atoms with Crippen molar-refractivity contribution in [2.24, 2.45) is 4.99 Å². The standard InChI is InChI=1S/C20H17Cl2N3O4S/c1-2-25-19(27)16(9-17(26)24-13-5-3-4-12(21)18(13)22)30-20(25)23-11-6-7-14-15(8-11)29-10-28-14/h3-8,16H,2,9-10H2,1H3,(H,24,26). The first-order chi connectivity index (χ1) is 14.5. The number of fused-ring (bicyclic) bond motifs is 1. The molecule has 1 fully saturated rings. The Hall–Kier alpha value is -2.42. The molecule has 30 heavy (non-hydrogen) atoms. The maximum absolute atomic E-state index is 12.8. The van der Waals surface area contributed by atoms with Crippen molar-refractivity contribution in [3.05, 3.63) is 46.4 Å².